The van der Waals surface area contributed by atoms with Crippen molar-refractivity contribution >= 4 is 60.2 Å². The lowest BCUT2D eigenvalue weighted by molar-refractivity contribution is 1.28. The van der Waals surface area contributed by atoms with Crippen LogP contribution < -0.4 is 4.90 Å². The van der Waals surface area contributed by atoms with Crippen LogP contribution in [0, 0.1) is 0 Å². The van der Waals surface area contributed by atoms with Crippen LogP contribution in [0.25, 0.3) is 65.3 Å². The highest BCUT2D eigenvalue weighted by atomic mass is 15.1. The number of benzene rings is 9. The van der Waals surface area contributed by atoms with E-state index in [0.29, 0.717) is 0 Å². The molecule has 0 N–H and O–H groups in total. The van der Waals surface area contributed by atoms with E-state index in [0.717, 1.165) is 17.1 Å². The van der Waals surface area contributed by atoms with Crippen LogP contribution >= 0.6 is 0 Å². The quantitative estimate of drug-likeness (QED) is 0.178. The number of nitrogens with zero attached hydrogens (tertiary/aromatic N) is 1. The first-order valence-electron chi connectivity index (χ1n) is 16.2. The minimum atomic E-state index is 1.12. The summed E-state index contributed by atoms with van der Waals surface area (Å²) in [6.07, 6.45) is 0. The molecule has 0 aliphatic carbocycles. The zero-order chi connectivity index (χ0) is 31.2. The van der Waals surface area contributed by atoms with Gasteiger partial charge in [0.1, 0.15) is 0 Å². The van der Waals surface area contributed by atoms with Gasteiger partial charge in [-0.15, -0.1) is 0 Å². The van der Waals surface area contributed by atoms with Crippen molar-refractivity contribution in [2.75, 3.05) is 4.90 Å². The molecule has 0 unspecified atom stereocenters. The van der Waals surface area contributed by atoms with Crippen LogP contribution in [-0.2, 0) is 0 Å². The van der Waals surface area contributed by atoms with Gasteiger partial charge in [0.05, 0.1) is 0 Å². The minimum absolute atomic E-state index is 1.12. The third-order valence-corrected chi connectivity index (χ3v) is 9.42. The van der Waals surface area contributed by atoms with Crippen molar-refractivity contribution < 1.29 is 0 Å². The molecule has 9 aromatic rings. The zero-order valence-corrected chi connectivity index (χ0v) is 25.8. The Morgan fingerprint density at radius 1 is 0.277 bits per heavy atom. The molecule has 0 saturated carbocycles. The molecule has 0 atom stereocenters. The van der Waals surface area contributed by atoms with Crippen LogP contribution in [0.15, 0.2) is 188 Å². The number of fused-ring (bicyclic) bond motifs is 6. The number of para-hydroxylation sites is 1. The summed E-state index contributed by atoms with van der Waals surface area (Å²) >= 11 is 0. The van der Waals surface area contributed by atoms with Gasteiger partial charge in [-0.1, -0.05) is 146 Å². The predicted molar refractivity (Wildman–Crippen MR) is 202 cm³/mol. The van der Waals surface area contributed by atoms with Gasteiger partial charge in [-0.25, -0.2) is 0 Å². The van der Waals surface area contributed by atoms with E-state index in [-0.39, 0.29) is 0 Å². The fourth-order valence-corrected chi connectivity index (χ4v) is 7.11. The molecule has 0 bridgehead atoms. The van der Waals surface area contributed by atoms with Gasteiger partial charge in [0, 0.05) is 17.1 Å². The summed E-state index contributed by atoms with van der Waals surface area (Å²) in [7, 11) is 0. The highest BCUT2D eigenvalue weighted by Gasteiger charge is 2.14. The second-order valence-electron chi connectivity index (χ2n) is 12.2. The van der Waals surface area contributed by atoms with Crippen LogP contribution in [0.4, 0.5) is 17.1 Å². The van der Waals surface area contributed by atoms with E-state index in [2.05, 4.69) is 193 Å². The molecule has 220 valence electrons. The summed E-state index contributed by atoms with van der Waals surface area (Å²) in [5.41, 5.74) is 8.26. The first-order valence-corrected chi connectivity index (χ1v) is 16.2. The van der Waals surface area contributed by atoms with E-state index < -0.39 is 0 Å². The minimum Gasteiger partial charge on any atom is -0.311 e. The highest BCUT2D eigenvalue weighted by Crippen LogP contribution is 2.39. The first-order chi connectivity index (χ1) is 23.3. The lowest BCUT2D eigenvalue weighted by atomic mass is 9.94. The maximum Gasteiger partial charge on any atom is 0.0462 e. The van der Waals surface area contributed by atoms with Crippen molar-refractivity contribution in [3.8, 4) is 22.3 Å². The Balaban J connectivity index is 1.08. The summed E-state index contributed by atoms with van der Waals surface area (Å²) in [5, 5.41) is 10.3. The van der Waals surface area contributed by atoms with Gasteiger partial charge in [-0.3, -0.25) is 0 Å². The molecule has 9 aromatic carbocycles. The highest BCUT2D eigenvalue weighted by molar-refractivity contribution is 6.20. The topological polar surface area (TPSA) is 3.24 Å². The van der Waals surface area contributed by atoms with Crippen LogP contribution in [0.1, 0.15) is 0 Å². The largest absolute Gasteiger partial charge is 0.311 e. The van der Waals surface area contributed by atoms with Crippen molar-refractivity contribution in [3.63, 3.8) is 0 Å². The van der Waals surface area contributed by atoms with Crippen molar-refractivity contribution in [1.82, 2.24) is 0 Å². The van der Waals surface area contributed by atoms with Gasteiger partial charge in [0.2, 0.25) is 0 Å². The van der Waals surface area contributed by atoms with E-state index in [1.165, 1.54) is 65.3 Å². The Labute approximate surface area is 274 Å². The van der Waals surface area contributed by atoms with Gasteiger partial charge in [0.25, 0.3) is 0 Å². The Morgan fingerprint density at radius 2 is 0.787 bits per heavy atom. The second-order valence-corrected chi connectivity index (χ2v) is 12.2. The summed E-state index contributed by atoms with van der Waals surface area (Å²) < 4.78 is 0. The lowest BCUT2D eigenvalue weighted by Crippen LogP contribution is -2.09. The fourth-order valence-electron chi connectivity index (χ4n) is 7.11. The normalized spacial score (nSPS) is 11.4. The molecule has 1 nitrogen and oxygen atoms in total. The molecule has 0 fully saturated rings. The molecular weight excluding hydrogens is 567 g/mol. The zero-order valence-electron chi connectivity index (χ0n) is 25.8. The first kappa shape index (κ1) is 27.2. The second kappa shape index (κ2) is 11.3. The molecule has 0 amide bonds. The monoisotopic (exact) mass is 597 g/mol. The van der Waals surface area contributed by atoms with Crippen molar-refractivity contribution in [3.05, 3.63) is 188 Å². The Kier molecular flexibility index (Phi) is 6.54. The molecule has 0 radical (unpaired) electrons. The maximum atomic E-state index is 2.33. The molecule has 47 heavy (non-hydrogen) atoms. The molecule has 0 saturated heterocycles. The molecule has 0 aliphatic heterocycles. The number of hydrogen-bond acceptors (Lipinski definition) is 1. The smallest absolute Gasteiger partial charge is 0.0462 e. The Bertz CT molecular complexity index is 2540. The molecule has 0 aromatic heterocycles. The average Bonchev–Trinajstić information content (AvgIpc) is 3.15. The van der Waals surface area contributed by atoms with Gasteiger partial charge < -0.3 is 4.90 Å². The molecule has 0 aliphatic rings. The SMILES string of the molecule is c1ccc(N(c2ccc(-c3ccc4c(ccc5ccc6ccccc6c54)c3)cc2)c2ccc(-c3cccc4ccccc34)cc2)cc1. The van der Waals surface area contributed by atoms with Crippen molar-refractivity contribution in [2.45, 2.75) is 0 Å². The Hall–Kier alpha value is -6.18. The van der Waals surface area contributed by atoms with E-state index in [4.69, 9.17) is 0 Å². The van der Waals surface area contributed by atoms with Crippen molar-refractivity contribution in [2.24, 2.45) is 0 Å². The van der Waals surface area contributed by atoms with Crippen molar-refractivity contribution in [1.29, 1.82) is 0 Å². The van der Waals surface area contributed by atoms with Gasteiger partial charge in [-0.2, -0.15) is 0 Å². The van der Waals surface area contributed by atoms with Crippen LogP contribution in [0.5, 0.6) is 0 Å². The third-order valence-electron chi connectivity index (χ3n) is 9.42. The van der Waals surface area contributed by atoms with Crippen LogP contribution in [0.3, 0.4) is 0 Å². The maximum absolute atomic E-state index is 2.33. The lowest BCUT2D eigenvalue weighted by Gasteiger charge is -2.26. The third kappa shape index (κ3) is 4.81. The average molecular weight is 598 g/mol. The Morgan fingerprint density at radius 3 is 1.53 bits per heavy atom. The predicted octanol–water partition coefficient (Wildman–Crippen LogP) is 13.1. The summed E-state index contributed by atoms with van der Waals surface area (Å²) in [4.78, 5) is 2.33. The van der Waals surface area contributed by atoms with E-state index in [9.17, 15) is 0 Å². The van der Waals surface area contributed by atoms with E-state index >= 15 is 0 Å². The summed E-state index contributed by atoms with van der Waals surface area (Å²) in [6, 6.07) is 68.2. The molecule has 9 rings (SSSR count). The number of hydrogen-bond donors (Lipinski definition) is 0. The molecular formula is C46H31N. The number of rotatable bonds is 5. The molecule has 1 heteroatoms. The van der Waals surface area contributed by atoms with Crippen LogP contribution in [-0.4, -0.2) is 0 Å². The standard InChI is InChI=1S/C46H31N/c1-2-12-39(13-3-1)47(41-28-23-35(24-29-41)43-16-8-11-33-9-4-6-14-42(33)43)40-26-21-32(22-27-40)37-25-30-45-38(31-37)20-19-36-18-17-34-10-5-7-15-44(34)46(36)45/h1-31H. The number of anilines is 3. The molecule has 0 spiro atoms. The van der Waals surface area contributed by atoms with Crippen LogP contribution in [0.2, 0.25) is 0 Å². The van der Waals surface area contributed by atoms with Gasteiger partial charge in [-0.05, 0) is 108 Å². The van der Waals surface area contributed by atoms with Gasteiger partial charge >= 0.3 is 0 Å². The van der Waals surface area contributed by atoms with E-state index in [1.807, 2.05) is 0 Å². The van der Waals surface area contributed by atoms with E-state index in [1.54, 1.807) is 0 Å². The fraction of sp³-hybridized carbons (Fsp3) is 0. The molecule has 0 heterocycles. The van der Waals surface area contributed by atoms with Gasteiger partial charge in [0.15, 0.2) is 0 Å². The summed E-state index contributed by atoms with van der Waals surface area (Å²) in [6.45, 7) is 0. The summed E-state index contributed by atoms with van der Waals surface area (Å²) in [5.74, 6) is 0.